The zero-order valence-electron chi connectivity index (χ0n) is 12.1. The molecule has 6 atom stereocenters. The number of hydrogen-bond donors (Lipinski definition) is 2. The van der Waals surface area contributed by atoms with E-state index in [0.717, 1.165) is 23.7 Å². The van der Waals surface area contributed by atoms with E-state index in [2.05, 4.69) is 0 Å². The van der Waals surface area contributed by atoms with Crippen LogP contribution in [-0.2, 0) is 0 Å². The molecule has 4 aliphatic carbocycles. The zero-order valence-corrected chi connectivity index (χ0v) is 13.0. The molecule has 0 amide bonds. The monoisotopic (exact) mass is 279 g/mol. The van der Waals surface area contributed by atoms with Gasteiger partial charge in [0.2, 0.25) is 0 Å². The van der Waals surface area contributed by atoms with Crippen molar-refractivity contribution in [1.29, 1.82) is 0 Å². The third kappa shape index (κ3) is 1.78. The van der Waals surface area contributed by atoms with Crippen LogP contribution >= 0.6 is 12.6 Å². The van der Waals surface area contributed by atoms with Gasteiger partial charge >= 0.3 is 0 Å². The summed E-state index contributed by atoms with van der Waals surface area (Å²) < 4.78 is 0.388. The predicted octanol–water partition coefficient (Wildman–Crippen LogP) is 4.16. The molecule has 0 saturated heterocycles. The van der Waals surface area contributed by atoms with Crippen LogP contribution in [0.1, 0.15) is 70.6 Å². The Morgan fingerprint density at radius 1 is 0.789 bits per heavy atom. The molecule has 2 N–H and O–H groups in total. The Hall–Kier alpha value is 0.310. The first-order valence-corrected chi connectivity index (χ1v) is 9.09. The molecule has 4 saturated carbocycles. The highest BCUT2D eigenvalue weighted by Crippen LogP contribution is 2.61. The highest BCUT2D eigenvalue weighted by molar-refractivity contribution is 7.81. The minimum absolute atomic E-state index is 0.207. The summed E-state index contributed by atoms with van der Waals surface area (Å²) in [5.41, 5.74) is 7.23. The summed E-state index contributed by atoms with van der Waals surface area (Å²) in [6.45, 7) is 0. The summed E-state index contributed by atoms with van der Waals surface area (Å²) in [7, 11) is 0. The van der Waals surface area contributed by atoms with E-state index in [9.17, 15) is 0 Å². The van der Waals surface area contributed by atoms with E-state index in [0.29, 0.717) is 4.75 Å². The van der Waals surface area contributed by atoms with Crippen LogP contribution in [-0.4, -0.2) is 10.3 Å². The highest BCUT2D eigenvalue weighted by atomic mass is 32.1. The molecule has 2 heteroatoms. The van der Waals surface area contributed by atoms with Crippen LogP contribution in [0.3, 0.4) is 0 Å². The summed E-state index contributed by atoms with van der Waals surface area (Å²) >= 11 is 5.13. The first kappa shape index (κ1) is 13.0. The molecular weight excluding hydrogens is 250 g/mol. The number of fused-ring (bicyclic) bond motifs is 5. The van der Waals surface area contributed by atoms with E-state index in [-0.39, 0.29) is 5.54 Å². The van der Waals surface area contributed by atoms with E-state index in [1.165, 1.54) is 70.6 Å². The van der Waals surface area contributed by atoms with E-state index in [4.69, 9.17) is 18.4 Å². The maximum Gasteiger partial charge on any atom is 0.0214 e. The second-order valence-corrected chi connectivity index (χ2v) is 8.93. The van der Waals surface area contributed by atoms with Gasteiger partial charge in [-0.15, -0.1) is 0 Å². The van der Waals surface area contributed by atoms with Gasteiger partial charge in [0.1, 0.15) is 0 Å². The lowest BCUT2D eigenvalue weighted by molar-refractivity contribution is -0.0312. The van der Waals surface area contributed by atoms with E-state index in [1.807, 2.05) is 0 Å². The summed E-state index contributed by atoms with van der Waals surface area (Å²) in [5.74, 6) is 3.47. The van der Waals surface area contributed by atoms with Crippen molar-refractivity contribution in [2.24, 2.45) is 29.4 Å². The molecule has 0 heterocycles. The van der Waals surface area contributed by atoms with Gasteiger partial charge in [-0.3, -0.25) is 0 Å². The smallest absolute Gasteiger partial charge is 0.0214 e. The van der Waals surface area contributed by atoms with Crippen molar-refractivity contribution < 1.29 is 0 Å². The molecule has 108 valence electrons. The molecule has 0 aromatic carbocycles. The van der Waals surface area contributed by atoms with Crippen LogP contribution in [0.15, 0.2) is 0 Å². The van der Waals surface area contributed by atoms with Gasteiger partial charge in [-0.05, 0) is 75.0 Å². The third-order valence-corrected chi connectivity index (χ3v) is 8.23. The number of rotatable bonds is 0. The minimum atomic E-state index is 0.207. The van der Waals surface area contributed by atoms with E-state index in [1.54, 1.807) is 0 Å². The van der Waals surface area contributed by atoms with Gasteiger partial charge in [0.25, 0.3) is 0 Å². The molecule has 0 aliphatic heterocycles. The Bertz CT molecular complexity index is 370. The van der Waals surface area contributed by atoms with Gasteiger partial charge in [0.05, 0.1) is 0 Å². The third-order valence-electron chi connectivity index (χ3n) is 7.45. The van der Waals surface area contributed by atoms with Gasteiger partial charge in [-0.1, -0.05) is 19.3 Å². The highest BCUT2D eigenvalue weighted by Gasteiger charge is 2.57. The summed E-state index contributed by atoms with van der Waals surface area (Å²) in [6.07, 6.45) is 15.3. The molecule has 4 fully saturated rings. The predicted molar refractivity (Wildman–Crippen MR) is 83.4 cm³/mol. The molecule has 6 unspecified atom stereocenters. The van der Waals surface area contributed by atoms with Crippen molar-refractivity contribution in [2.45, 2.75) is 80.9 Å². The Morgan fingerprint density at radius 2 is 1.68 bits per heavy atom. The minimum Gasteiger partial charge on any atom is -0.325 e. The molecule has 0 aromatic heterocycles. The molecule has 4 aliphatic rings. The number of nitrogens with two attached hydrogens (primary N) is 1. The van der Waals surface area contributed by atoms with Crippen molar-refractivity contribution in [3.05, 3.63) is 0 Å². The number of hydrogen-bond acceptors (Lipinski definition) is 2. The second kappa shape index (κ2) is 4.40. The van der Waals surface area contributed by atoms with Crippen molar-refractivity contribution in [3.8, 4) is 0 Å². The maximum atomic E-state index is 7.02. The standard InChI is InChI=1S/C17H29NS/c18-17-10-2-1-4-12(17)6-7-13-14-5-3-9-16(14,19)11-8-15(13)17/h12-15,19H,1-11,18H2. The van der Waals surface area contributed by atoms with Gasteiger partial charge in [-0.25, -0.2) is 0 Å². The Morgan fingerprint density at radius 3 is 2.58 bits per heavy atom. The molecule has 0 aromatic rings. The lowest BCUT2D eigenvalue weighted by atomic mass is 9.50. The molecule has 4 rings (SSSR count). The van der Waals surface area contributed by atoms with Crippen molar-refractivity contribution >= 4 is 12.6 Å². The Balaban J connectivity index is 1.64. The van der Waals surface area contributed by atoms with Gasteiger partial charge < -0.3 is 5.73 Å². The van der Waals surface area contributed by atoms with Crippen LogP contribution in [0.5, 0.6) is 0 Å². The quantitative estimate of drug-likeness (QED) is 0.640. The lowest BCUT2D eigenvalue weighted by Gasteiger charge is -2.59. The molecule has 19 heavy (non-hydrogen) atoms. The maximum absolute atomic E-state index is 7.02. The van der Waals surface area contributed by atoms with Crippen LogP contribution in [0.4, 0.5) is 0 Å². The van der Waals surface area contributed by atoms with Crippen LogP contribution in [0.2, 0.25) is 0 Å². The Labute approximate surface area is 123 Å². The normalized spacial score (nSPS) is 57.2. The number of thiol groups is 1. The van der Waals surface area contributed by atoms with Crippen molar-refractivity contribution in [2.75, 3.05) is 0 Å². The zero-order chi connectivity index (χ0) is 13.1. The van der Waals surface area contributed by atoms with Crippen LogP contribution in [0, 0.1) is 23.7 Å². The van der Waals surface area contributed by atoms with Crippen LogP contribution < -0.4 is 5.73 Å². The lowest BCUT2D eigenvalue weighted by Crippen LogP contribution is -2.63. The SMILES string of the molecule is NC12CCCCC1CCC1C3CCCC3(S)CCC12. The van der Waals surface area contributed by atoms with Gasteiger partial charge in [-0.2, -0.15) is 12.6 Å². The first-order valence-electron chi connectivity index (χ1n) is 8.65. The summed E-state index contributed by atoms with van der Waals surface area (Å²) in [4.78, 5) is 0. The van der Waals surface area contributed by atoms with Gasteiger partial charge in [0, 0.05) is 10.3 Å². The topological polar surface area (TPSA) is 26.0 Å². The fourth-order valence-electron chi connectivity index (χ4n) is 6.56. The molecule has 0 bridgehead atoms. The average molecular weight is 279 g/mol. The van der Waals surface area contributed by atoms with E-state index >= 15 is 0 Å². The second-order valence-electron chi connectivity index (χ2n) is 8.04. The molecule has 0 radical (unpaired) electrons. The molecule has 0 spiro atoms. The first-order chi connectivity index (χ1) is 9.13. The fourth-order valence-corrected chi connectivity index (χ4v) is 7.17. The molecule has 1 nitrogen and oxygen atoms in total. The molecular formula is C17H29NS. The van der Waals surface area contributed by atoms with E-state index < -0.39 is 0 Å². The van der Waals surface area contributed by atoms with Crippen LogP contribution in [0.25, 0.3) is 0 Å². The van der Waals surface area contributed by atoms with Crippen molar-refractivity contribution in [1.82, 2.24) is 0 Å². The van der Waals surface area contributed by atoms with Gasteiger partial charge in [0.15, 0.2) is 0 Å². The Kier molecular flexibility index (Phi) is 3.01. The summed E-state index contributed by atoms with van der Waals surface area (Å²) in [6, 6.07) is 0. The average Bonchev–Trinajstić information content (AvgIpc) is 2.79. The van der Waals surface area contributed by atoms with Crippen molar-refractivity contribution in [3.63, 3.8) is 0 Å². The summed E-state index contributed by atoms with van der Waals surface area (Å²) in [5, 5.41) is 0. The fraction of sp³-hybridized carbons (Fsp3) is 1.00. The largest absolute Gasteiger partial charge is 0.325 e.